The van der Waals surface area contributed by atoms with Crippen LogP contribution in [0.4, 0.5) is 5.69 Å². The van der Waals surface area contributed by atoms with Crippen molar-refractivity contribution in [1.82, 2.24) is 9.97 Å². The molecule has 0 bridgehead atoms. The molecule has 9 nitrogen and oxygen atoms in total. The first-order valence-corrected chi connectivity index (χ1v) is 9.65. The Morgan fingerprint density at radius 1 is 1.07 bits per heavy atom. The molecule has 0 saturated carbocycles. The van der Waals surface area contributed by atoms with Gasteiger partial charge in [-0.2, -0.15) is 0 Å². The molecule has 1 atom stereocenters. The van der Waals surface area contributed by atoms with Crippen LogP contribution in [0.2, 0.25) is 0 Å². The number of rotatable bonds is 5. The second-order valence-electron chi connectivity index (χ2n) is 5.85. The average Bonchev–Trinajstić information content (AvgIpc) is 2.67. The predicted molar refractivity (Wildman–Crippen MR) is 101 cm³/mol. The van der Waals surface area contributed by atoms with Crippen LogP contribution in [0.1, 0.15) is 17.4 Å². The molecular weight excluding hydrogens is 384 g/mol. The SMILES string of the molecule is CC(OC(=O)c1cnc2ccccc2n1)C(=O)Nc1ccc(S(N)(=O)=O)cc1. The van der Waals surface area contributed by atoms with Gasteiger partial charge in [-0.3, -0.25) is 9.78 Å². The second-order valence-corrected chi connectivity index (χ2v) is 7.41. The second kappa shape index (κ2) is 7.71. The highest BCUT2D eigenvalue weighted by molar-refractivity contribution is 7.89. The smallest absolute Gasteiger partial charge is 0.359 e. The highest BCUT2D eigenvalue weighted by Gasteiger charge is 2.20. The molecule has 10 heteroatoms. The maximum absolute atomic E-state index is 12.2. The fourth-order valence-corrected chi connectivity index (χ4v) is 2.82. The molecule has 1 amide bonds. The number of carbonyl (C=O) groups excluding carboxylic acids is 2. The number of primary sulfonamides is 1. The molecule has 0 radical (unpaired) electrons. The number of anilines is 1. The van der Waals surface area contributed by atoms with Gasteiger partial charge in [0.2, 0.25) is 10.0 Å². The number of hydrogen-bond acceptors (Lipinski definition) is 7. The van der Waals surface area contributed by atoms with Crippen molar-refractivity contribution in [3.8, 4) is 0 Å². The van der Waals surface area contributed by atoms with Crippen molar-refractivity contribution in [3.05, 3.63) is 60.4 Å². The minimum absolute atomic E-state index is 0.0177. The van der Waals surface area contributed by atoms with Crippen molar-refractivity contribution in [2.75, 3.05) is 5.32 Å². The van der Waals surface area contributed by atoms with Crippen molar-refractivity contribution in [3.63, 3.8) is 0 Å². The van der Waals surface area contributed by atoms with E-state index in [4.69, 9.17) is 9.88 Å². The van der Waals surface area contributed by atoms with Crippen molar-refractivity contribution in [2.24, 2.45) is 5.14 Å². The fraction of sp³-hybridized carbons (Fsp3) is 0.111. The third-order valence-electron chi connectivity index (χ3n) is 3.76. The van der Waals surface area contributed by atoms with Gasteiger partial charge >= 0.3 is 5.97 Å². The van der Waals surface area contributed by atoms with Gasteiger partial charge in [-0.15, -0.1) is 0 Å². The van der Waals surface area contributed by atoms with Gasteiger partial charge in [0.05, 0.1) is 22.1 Å². The first-order valence-electron chi connectivity index (χ1n) is 8.10. The summed E-state index contributed by atoms with van der Waals surface area (Å²) in [4.78, 5) is 32.6. The molecule has 1 heterocycles. The van der Waals surface area contributed by atoms with Crippen LogP contribution in [0, 0.1) is 0 Å². The Labute approximate surface area is 160 Å². The van der Waals surface area contributed by atoms with E-state index in [1.165, 1.54) is 37.4 Å². The molecule has 0 saturated heterocycles. The number of nitrogens with zero attached hydrogens (tertiary/aromatic N) is 2. The summed E-state index contributed by atoms with van der Waals surface area (Å²) >= 11 is 0. The van der Waals surface area contributed by atoms with E-state index in [2.05, 4.69) is 15.3 Å². The maximum Gasteiger partial charge on any atom is 0.359 e. The molecule has 3 aromatic rings. The Kier molecular flexibility index (Phi) is 5.34. The topological polar surface area (TPSA) is 141 Å². The quantitative estimate of drug-likeness (QED) is 0.618. The number of para-hydroxylation sites is 2. The number of esters is 1. The first kappa shape index (κ1) is 19.4. The molecule has 3 N–H and O–H groups in total. The lowest BCUT2D eigenvalue weighted by atomic mass is 10.3. The number of carbonyl (C=O) groups is 2. The molecular formula is C18H16N4O5S. The van der Waals surface area contributed by atoms with E-state index >= 15 is 0 Å². The Balaban J connectivity index is 1.65. The number of hydrogen-bond donors (Lipinski definition) is 2. The van der Waals surface area contributed by atoms with E-state index in [1.54, 1.807) is 24.3 Å². The molecule has 1 aromatic heterocycles. The Hall–Kier alpha value is -3.37. The summed E-state index contributed by atoms with van der Waals surface area (Å²) in [6.07, 6.45) is 0.167. The summed E-state index contributed by atoms with van der Waals surface area (Å²) in [5.41, 5.74) is 1.47. The van der Waals surface area contributed by atoms with Crippen molar-refractivity contribution >= 4 is 38.6 Å². The highest BCUT2D eigenvalue weighted by atomic mass is 32.2. The first-order chi connectivity index (χ1) is 13.2. The van der Waals surface area contributed by atoms with E-state index in [1.807, 2.05) is 0 Å². The lowest BCUT2D eigenvalue weighted by Crippen LogP contribution is -2.30. The number of amides is 1. The molecule has 28 heavy (non-hydrogen) atoms. The molecule has 0 spiro atoms. The van der Waals surface area contributed by atoms with Gasteiger partial charge in [-0.05, 0) is 43.3 Å². The van der Waals surface area contributed by atoms with Gasteiger partial charge in [-0.1, -0.05) is 12.1 Å². The third kappa shape index (κ3) is 4.48. The van der Waals surface area contributed by atoms with Gasteiger partial charge in [0, 0.05) is 5.69 Å². The Morgan fingerprint density at radius 3 is 2.36 bits per heavy atom. The van der Waals surface area contributed by atoms with E-state index < -0.39 is 28.0 Å². The van der Waals surface area contributed by atoms with Crippen LogP contribution >= 0.6 is 0 Å². The molecule has 144 valence electrons. The summed E-state index contributed by atoms with van der Waals surface area (Å²) < 4.78 is 27.6. The Bertz CT molecular complexity index is 1150. The molecule has 2 aromatic carbocycles. The van der Waals surface area contributed by atoms with Gasteiger partial charge in [-0.25, -0.2) is 23.3 Å². The predicted octanol–water partition coefficient (Wildman–Crippen LogP) is 1.46. The maximum atomic E-state index is 12.2. The van der Waals surface area contributed by atoms with E-state index in [0.29, 0.717) is 16.7 Å². The van der Waals surface area contributed by atoms with Crippen molar-refractivity contribution < 1.29 is 22.7 Å². The van der Waals surface area contributed by atoms with Crippen LogP contribution in [-0.2, 0) is 19.6 Å². The molecule has 3 rings (SSSR count). The average molecular weight is 400 g/mol. The van der Waals surface area contributed by atoms with Crippen LogP contribution in [0.15, 0.2) is 59.6 Å². The van der Waals surface area contributed by atoms with Crippen molar-refractivity contribution in [1.29, 1.82) is 0 Å². The monoisotopic (exact) mass is 400 g/mol. The zero-order valence-electron chi connectivity index (χ0n) is 14.7. The zero-order chi connectivity index (χ0) is 20.3. The van der Waals surface area contributed by atoms with Crippen LogP contribution in [0.5, 0.6) is 0 Å². The summed E-state index contributed by atoms with van der Waals surface area (Å²) in [6.45, 7) is 1.40. The number of aromatic nitrogens is 2. The highest BCUT2D eigenvalue weighted by Crippen LogP contribution is 2.14. The minimum atomic E-state index is -3.82. The number of sulfonamides is 1. The number of benzene rings is 2. The number of nitrogens with one attached hydrogen (secondary N) is 1. The minimum Gasteiger partial charge on any atom is -0.448 e. The molecule has 0 aliphatic heterocycles. The number of fused-ring (bicyclic) bond motifs is 1. The number of ether oxygens (including phenoxy) is 1. The van der Waals surface area contributed by atoms with Crippen LogP contribution in [0.25, 0.3) is 11.0 Å². The molecule has 1 unspecified atom stereocenters. The van der Waals surface area contributed by atoms with E-state index in [-0.39, 0.29) is 10.6 Å². The normalized spacial score (nSPS) is 12.4. The van der Waals surface area contributed by atoms with E-state index in [9.17, 15) is 18.0 Å². The van der Waals surface area contributed by atoms with Gasteiger partial charge < -0.3 is 10.1 Å². The van der Waals surface area contributed by atoms with Crippen LogP contribution in [0.3, 0.4) is 0 Å². The van der Waals surface area contributed by atoms with Crippen LogP contribution in [-0.4, -0.2) is 36.4 Å². The largest absolute Gasteiger partial charge is 0.448 e. The lowest BCUT2D eigenvalue weighted by molar-refractivity contribution is -0.123. The van der Waals surface area contributed by atoms with Gasteiger partial charge in [0.15, 0.2) is 11.8 Å². The summed E-state index contributed by atoms with van der Waals surface area (Å²) in [6, 6.07) is 12.3. The van der Waals surface area contributed by atoms with Gasteiger partial charge in [0.25, 0.3) is 5.91 Å². The summed E-state index contributed by atoms with van der Waals surface area (Å²) in [7, 11) is -3.82. The third-order valence-corrected chi connectivity index (χ3v) is 4.69. The molecule has 0 aliphatic rings. The zero-order valence-corrected chi connectivity index (χ0v) is 15.5. The standard InChI is InChI=1S/C18H16N4O5S/c1-11(17(23)21-12-6-8-13(9-7-12)28(19,25)26)27-18(24)16-10-20-14-4-2-3-5-15(14)22-16/h2-11H,1H3,(H,21,23)(H2,19,25,26). The van der Waals surface area contributed by atoms with Crippen molar-refractivity contribution in [2.45, 2.75) is 17.9 Å². The Morgan fingerprint density at radius 2 is 1.71 bits per heavy atom. The summed E-state index contributed by atoms with van der Waals surface area (Å²) in [5, 5.41) is 7.54. The summed E-state index contributed by atoms with van der Waals surface area (Å²) in [5.74, 6) is -1.38. The lowest BCUT2D eigenvalue weighted by Gasteiger charge is -2.13. The van der Waals surface area contributed by atoms with Crippen LogP contribution < -0.4 is 10.5 Å². The van der Waals surface area contributed by atoms with E-state index in [0.717, 1.165) is 0 Å². The molecule has 0 fully saturated rings. The van der Waals surface area contributed by atoms with Gasteiger partial charge in [0.1, 0.15) is 0 Å². The molecule has 0 aliphatic carbocycles. The number of nitrogens with two attached hydrogens (primary N) is 1. The fourth-order valence-electron chi connectivity index (χ4n) is 2.30.